The van der Waals surface area contributed by atoms with E-state index in [0.29, 0.717) is 0 Å². The third-order valence-electron chi connectivity index (χ3n) is 2.59. The van der Waals surface area contributed by atoms with E-state index in [1.54, 1.807) is 0 Å². The van der Waals surface area contributed by atoms with Crippen LogP contribution in [0.5, 0.6) is 0 Å². The molecule has 1 rings (SSSR count). The largest absolute Gasteiger partial charge is 0.347 e. The van der Waals surface area contributed by atoms with Gasteiger partial charge in [-0.3, -0.25) is 24.1 Å². The number of nitrogens with zero attached hydrogens (tertiary/aromatic N) is 1. The Labute approximate surface area is 104 Å². The molecule has 1 aliphatic rings. The molecule has 0 radical (unpaired) electrons. The van der Waals surface area contributed by atoms with Crippen LogP contribution in [0.25, 0.3) is 0 Å². The molecule has 100 valence electrons. The second-order valence-electron chi connectivity index (χ2n) is 3.90. The molecule has 0 bridgehead atoms. The van der Waals surface area contributed by atoms with Crippen molar-refractivity contribution in [3.63, 3.8) is 0 Å². The zero-order valence-corrected chi connectivity index (χ0v) is 10.1. The van der Waals surface area contributed by atoms with Crippen LogP contribution in [0.15, 0.2) is 0 Å². The average Bonchev–Trinajstić information content (AvgIpc) is 2.36. The summed E-state index contributed by atoms with van der Waals surface area (Å²) in [6, 6.07) is -0.830. The molecule has 1 fully saturated rings. The zero-order valence-electron chi connectivity index (χ0n) is 10.1. The molecule has 1 heterocycles. The number of rotatable bonds is 3. The minimum atomic E-state index is -0.899. The van der Waals surface area contributed by atoms with Gasteiger partial charge in [-0.25, -0.2) is 0 Å². The number of nitrogens with one attached hydrogen (secondary N) is 2. The van der Waals surface area contributed by atoms with Crippen molar-refractivity contribution in [3.05, 3.63) is 0 Å². The third-order valence-corrected chi connectivity index (χ3v) is 2.59. The van der Waals surface area contributed by atoms with Gasteiger partial charge in [0.05, 0.1) is 0 Å². The number of nitrogens with two attached hydrogens (primary N) is 1. The summed E-state index contributed by atoms with van der Waals surface area (Å²) < 4.78 is 0. The first-order chi connectivity index (χ1) is 8.47. The normalized spacial score (nSPS) is 19.7. The lowest BCUT2D eigenvalue weighted by Gasteiger charge is -2.27. The van der Waals surface area contributed by atoms with Crippen LogP contribution in [0.2, 0.25) is 0 Å². The highest BCUT2D eigenvalue weighted by molar-refractivity contribution is 6.35. The first-order valence-electron chi connectivity index (χ1n) is 5.56. The van der Waals surface area contributed by atoms with Crippen molar-refractivity contribution in [1.29, 1.82) is 0 Å². The Hall–Kier alpha value is -1.96. The SMILES string of the molecule is CN1C(=O)CCC(NC(=O)C(=O)NCCN)C1=O. The highest BCUT2D eigenvalue weighted by atomic mass is 16.2. The van der Waals surface area contributed by atoms with E-state index in [9.17, 15) is 19.2 Å². The summed E-state index contributed by atoms with van der Waals surface area (Å²) in [6.07, 6.45) is 0.371. The molecule has 8 heteroatoms. The van der Waals surface area contributed by atoms with Crippen molar-refractivity contribution in [1.82, 2.24) is 15.5 Å². The summed E-state index contributed by atoms with van der Waals surface area (Å²) in [4.78, 5) is 46.5. The van der Waals surface area contributed by atoms with Crippen molar-refractivity contribution in [2.75, 3.05) is 20.1 Å². The standard InChI is InChI=1S/C10H16N4O4/c1-14-7(15)3-2-6(10(14)18)13-9(17)8(16)12-5-4-11/h6H,2-5,11H2,1H3,(H,12,16)(H,13,17). The molecule has 8 nitrogen and oxygen atoms in total. The minimum Gasteiger partial charge on any atom is -0.347 e. The summed E-state index contributed by atoms with van der Waals surface area (Å²) in [5.74, 6) is -2.54. The lowest BCUT2D eigenvalue weighted by molar-refractivity contribution is -0.150. The van der Waals surface area contributed by atoms with Crippen molar-refractivity contribution < 1.29 is 19.2 Å². The van der Waals surface area contributed by atoms with E-state index < -0.39 is 23.8 Å². The van der Waals surface area contributed by atoms with E-state index in [0.717, 1.165) is 4.90 Å². The van der Waals surface area contributed by atoms with E-state index in [4.69, 9.17) is 5.73 Å². The lowest BCUT2D eigenvalue weighted by atomic mass is 10.0. The van der Waals surface area contributed by atoms with Gasteiger partial charge in [0, 0.05) is 26.6 Å². The second-order valence-corrected chi connectivity index (χ2v) is 3.90. The van der Waals surface area contributed by atoms with Crippen molar-refractivity contribution in [2.45, 2.75) is 18.9 Å². The van der Waals surface area contributed by atoms with Crippen LogP contribution in [-0.4, -0.2) is 54.7 Å². The smallest absolute Gasteiger partial charge is 0.309 e. The number of piperidine rings is 1. The summed E-state index contributed by atoms with van der Waals surface area (Å²) in [5, 5.41) is 4.58. The zero-order chi connectivity index (χ0) is 13.7. The highest BCUT2D eigenvalue weighted by Crippen LogP contribution is 2.11. The fraction of sp³-hybridized carbons (Fsp3) is 0.600. The summed E-state index contributed by atoms with van der Waals surface area (Å²) in [5.41, 5.74) is 5.17. The minimum absolute atomic E-state index is 0.164. The van der Waals surface area contributed by atoms with Gasteiger partial charge in [0.15, 0.2) is 0 Å². The molecule has 0 spiro atoms. The molecule has 0 aliphatic carbocycles. The molecule has 4 amide bonds. The Balaban J connectivity index is 2.52. The predicted molar refractivity (Wildman–Crippen MR) is 61.0 cm³/mol. The molecule has 0 aromatic rings. The third kappa shape index (κ3) is 3.27. The van der Waals surface area contributed by atoms with Crippen LogP contribution in [-0.2, 0) is 19.2 Å². The fourth-order valence-electron chi connectivity index (χ4n) is 1.54. The summed E-state index contributed by atoms with van der Waals surface area (Å²) in [7, 11) is 1.34. The van der Waals surface area contributed by atoms with Gasteiger partial charge < -0.3 is 16.4 Å². The number of amides is 4. The number of carbonyl (C=O) groups is 4. The van der Waals surface area contributed by atoms with Crippen LogP contribution >= 0.6 is 0 Å². The molecule has 0 saturated carbocycles. The highest BCUT2D eigenvalue weighted by Gasteiger charge is 2.33. The van der Waals surface area contributed by atoms with Crippen LogP contribution in [0.1, 0.15) is 12.8 Å². The Kier molecular flexibility index (Phi) is 4.78. The van der Waals surface area contributed by atoms with Crippen molar-refractivity contribution in [2.24, 2.45) is 5.73 Å². The van der Waals surface area contributed by atoms with Crippen LogP contribution in [0, 0.1) is 0 Å². The number of carbonyl (C=O) groups excluding carboxylic acids is 4. The van der Waals surface area contributed by atoms with Gasteiger partial charge in [-0.05, 0) is 6.42 Å². The maximum atomic E-state index is 11.6. The number of hydrogen-bond acceptors (Lipinski definition) is 5. The van der Waals surface area contributed by atoms with Gasteiger partial charge in [-0.1, -0.05) is 0 Å². The molecule has 1 atom stereocenters. The summed E-state index contributed by atoms with van der Waals surface area (Å²) >= 11 is 0. The maximum Gasteiger partial charge on any atom is 0.309 e. The van der Waals surface area contributed by atoms with E-state index in [2.05, 4.69) is 10.6 Å². The molecule has 1 saturated heterocycles. The van der Waals surface area contributed by atoms with E-state index in [1.807, 2.05) is 0 Å². The number of hydrogen-bond donors (Lipinski definition) is 3. The first kappa shape index (κ1) is 14.1. The quantitative estimate of drug-likeness (QED) is 0.375. The van der Waals surface area contributed by atoms with Crippen molar-refractivity contribution in [3.8, 4) is 0 Å². The van der Waals surface area contributed by atoms with E-state index >= 15 is 0 Å². The van der Waals surface area contributed by atoms with Gasteiger partial charge in [0.2, 0.25) is 5.91 Å². The monoisotopic (exact) mass is 256 g/mol. The Morgan fingerprint density at radius 1 is 1.39 bits per heavy atom. The van der Waals surface area contributed by atoms with Gasteiger partial charge >= 0.3 is 11.8 Å². The van der Waals surface area contributed by atoms with Gasteiger partial charge in [0.1, 0.15) is 6.04 Å². The Morgan fingerprint density at radius 3 is 2.67 bits per heavy atom. The number of likely N-dealkylation sites (tertiary alicyclic amines) is 1. The van der Waals surface area contributed by atoms with Crippen LogP contribution in [0.3, 0.4) is 0 Å². The Bertz CT molecular complexity index is 382. The molecule has 18 heavy (non-hydrogen) atoms. The van der Waals surface area contributed by atoms with E-state index in [1.165, 1.54) is 7.05 Å². The first-order valence-corrected chi connectivity index (χ1v) is 5.56. The van der Waals surface area contributed by atoms with Gasteiger partial charge in [0.25, 0.3) is 5.91 Å². The molecule has 4 N–H and O–H groups in total. The van der Waals surface area contributed by atoms with Gasteiger partial charge in [-0.15, -0.1) is 0 Å². The molecule has 1 aliphatic heterocycles. The lowest BCUT2D eigenvalue weighted by Crippen LogP contribution is -2.55. The number of imide groups is 1. The molecular formula is C10H16N4O4. The Morgan fingerprint density at radius 2 is 2.06 bits per heavy atom. The van der Waals surface area contributed by atoms with Crippen LogP contribution in [0.4, 0.5) is 0 Å². The molecule has 0 aromatic heterocycles. The number of likely N-dealkylation sites (N-methyl/N-ethyl adjacent to an activating group) is 1. The summed E-state index contributed by atoms with van der Waals surface area (Å²) in [6.45, 7) is 0.405. The van der Waals surface area contributed by atoms with Crippen molar-refractivity contribution >= 4 is 23.6 Å². The molecular weight excluding hydrogens is 240 g/mol. The van der Waals surface area contributed by atoms with Crippen LogP contribution < -0.4 is 16.4 Å². The average molecular weight is 256 g/mol. The molecule has 0 aromatic carbocycles. The molecule has 1 unspecified atom stereocenters. The topological polar surface area (TPSA) is 122 Å². The second kappa shape index (κ2) is 6.10. The fourth-order valence-corrected chi connectivity index (χ4v) is 1.54. The van der Waals surface area contributed by atoms with E-state index in [-0.39, 0.29) is 31.8 Å². The predicted octanol–water partition coefficient (Wildman–Crippen LogP) is -2.68. The van der Waals surface area contributed by atoms with Gasteiger partial charge in [-0.2, -0.15) is 0 Å². The maximum absolute atomic E-state index is 11.6.